The quantitative estimate of drug-likeness (QED) is 0.898. The van der Waals surface area contributed by atoms with Crippen molar-refractivity contribution in [3.8, 4) is 11.8 Å². The number of nitriles is 1. The fourth-order valence-corrected chi connectivity index (χ4v) is 2.43. The molecule has 1 unspecified atom stereocenters. The Morgan fingerprint density at radius 1 is 1.45 bits per heavy atom. The van der Waals surface area contributed by atoms with E-state index in [9.17, 15) is 9.90 Å². The number of carbonyl (C=O) groups excluding carboxylic acids is 1. The lowest BCUT2D eigenvalue weighted by Crippen LogP contribution is -2.47. The lowest BCUT2D eigenvalue weighted by molar-refractivity contribution is -0.138. The third kappa shape index (κ3) is 3.28. The molecule has 1 aromatic rings. The third-order valence-electron chi connectivity index (χ3n) is 3.52. The number of amides is 1. The highest BCUT2D eigenvalue weighted by atomic mass is 16.5. The summed E-state index contributed by atoms with van der Waals surface area (Å²) in [6.45, 7) is 0.545. The molecule has 1 aromatic carbocycles. The van der Waals surface area contributed by atoms with Gasteiger partial charge in [0.15, 0.2) is 6.61 Å². The maximum absolute atomic E-state index is 12.1. The van der Waals surface area contributed by atoms with Gasteiger partial charge >= 0.3 is 0 Å². The lowest BCUT2D eigenvalue weighted by Gasteiger charge is -2.34. The van der Waals surface area contributed by atoms with Crippen molar-refractivity contribution in [1.82, 2.24) is 4.90 Å². The number of para-hydroxylation sites is 1. The van der Waals surface area contributed by atoms with Crippen molar-refractivity contribution in [3.63, 3.8) is 0 Å². The van der Waals surface area contributed by atoms with E-state index >= 15 is 0 Å². The molecule has 0 aliphatic carbocycles. The first-order valence-corrected chi connectivity index (χ1v) is 6.78. The van der Waals surface area contributed by atoms with Crippen LogP contribution in [0.3, 0.4) is 0 Å². The van der Waals surface area contributed by atoms with Gasteiger partial charge in [0.1, 0.15) is 11.8 Å². The molecule has 20 heavy (non-hydrogen) atoms. The van der Waals surface area contributed by atoms with Gasteiger partial charge in [0, 0.05) is 6.54 Å². The van der Waals surface area contributed by atoms with Crippen molar-refractivity contribution in [3.05, 3.63) is 29.8 Å². The van der Waals surface area contributed by atoms with Crippen LogP contribution in [0.4, 0.5) is 0 Å². The Morgan fingerprint density at radius 2 is 2.25 bits per heavy atom. The molecular formula is C15H18N2O3. The SMILES string of the molecule is N#Cc1ccccc1OCC(=O)N1CCCCC1CO. The predicted molar refractivity (Wildman–Crippen MR) is 73.1 cm³/mol. The van der Waals surface area contributed by atoms with Gasteiger partial charge < -0.3 is 14.7 Å². The largest absolute Gasteiger partial charge is 0.482 e. The number of likely N-dealkylation sites (tertiary alicyclic amines) is 1. The first-order valence-electron chi connectivity index (χ1n) is 6.78. The maximum Gasteiger partial charge on any atom is 0.260 e. The summed E-state index contributed by atoms with van der Waals surface area (Å²) in [7, 11) is 0. The fourth-order valence-electron chi connectivity index (χ4n) is 2.43. The Hall–Kier alpha value is -2.06. The van der Waals surface area contributed by atoms with Crippen molar-refractivity contribution >= 4 is 5.91 Å². The second kappa shape index (κ2) is 6.92. The first-order chi connectivity index (χ1) is 9.76. The standard InChI is InChI=1S/C15H18N2O3/c16-9-12-5-1-2-7-14(12)20-11-15(19)17-8-4-3-6-13(17)10-18/h1-2,5,7,13,18H,3-4,6,8,10-11H2. The van der Waals surface area contributed by atoms with Crippen molar-refractivity contribution in [2.45, 2.75) is 25.3 Å². The molecule has 2 rings (SSSR count). The molecule has 0 spiro atoms. The number of aliphatic hydroxyl groups excluding tert-OH is 1. The molecule has 0 saturated carbocycles. The summed E-state index contributed by atoms with van der Waals surface area (Å²) in [4.78, 5) is 13.8. The number of hydrogen-bond acceptors (Lipinski definition) is 4. The zero-order valence-corrected chi connectivity index (χ0v) is 11.3. The maximum atomic E-state index is 12.1. The summed E-state index contributed by atoms with van der Waals surface area (Å²) in [5, 5.41) is 18.3. The Morgan fingerprint density at radius 3 is 3.00 bits per heavy atom. The normalized spacial score (nSPS) is 18.4. The van der Waals surface area contributed by atoms with E-state index < -0.39 is 0 Å². The molecule has 0 bridgehead atoms. The highest BCUT2D eigenvalue weighted by Gasteiger charge is 2.26. The summed E-state index contributed by atoms with van der Waals surface area (Å²) >= 11 is 0. The van der Waals surface area contributed by atoms with Crippen LogP contribution >= 0.6 is 0 Å². The van der Waals surface area contributed by atoms with Gasteiger partial charge in [-0.25, -0.2) is 0 Å². The minimum absolute atomic E-state index is 0.0134. The second-order valence-corrected chi connectivity index (χ2v) is 4.82. The molecule has 0 aromatic heterocycles. The molecule has 5 nitrogen and oxygen atoms in total. The van der Waals surface area contributed by atoms with Gasteiger partial charge in [0.2, 0.25) is 0 Å². The predicted octanol–water partition coefficient (Wildman–Crippen LogP) is 1.31. The molecule has 1 amide bonds. The third-order valence-corrected chi connectivity index (χ3v) is 3.52. The van der Waals surface area contributed by atoms with Crippen LogP contribution in [0.2, 0.25) is 0 Å². The average Bonchev–Trinajstić information content (AvgIpc) is 2.52. The van der Waals surface area contributed by atoms with Crippen LogP contribution in [0, 0.1) is 11.3 Å². The highest BCUT2D eigenvalue weighted by Crippen LogP contribution is 2.19. The molecule has 1 aliphatic rings. The molecule has 1 atom stereocenters. The molecule has 1 saturated heterocycles. The van der Waals surface area contributed by atoms with Crippen molar-refractivity contribution < 1.29 is 14.6 Å². The van der Waals surface area contributed by atoms with E-state index in [2.05, 4.69) is 0 Å². The van der Waals surface area contributed by atoms with E-state index in [1.165, 1.54) is 0 Å². The number of nitrogens with zero attached hydrogens (tertiary/aromatic N) is 2. The van der Waals surface area contributed by atoms with Crippen LogP contribution in [0.5, 0.6) is 5.75 Å². The Balaban J connectivity index is 1.96. The van der Waals surface area contributed by atoms with E-state index in [0.29, 0.717) is 17.9 Å². The molecule has 106 valence electrons. The Kier molecular flexibility index (Phi) is 4.97. The van der Waals surface area contributed by atoms with E-state index in [1.54, 1.807) is 29.2 Å². The summed E-state index contributed by atoms with van der Waals surface area (Å²) in [6.07, 6.45) is 2.82. The van der Waals surface area contributed by atoms with Gasteiger partial charge in [-0.2, -0.15) is 5.26 Å². The van der Waals surface area contributed by atoms with E-state index in [1.807, 2.05) is 6.07 Å². The monoisotopic (exact) mass is 274 g/mol. The van der Waals surface area contributed by atoms with Crippen LogP contribution in [0.1, 0.15) is 24.8 Å². The van der Waals surface area contributed by atoms with Crippen LogP contribution in [0.15, 0.2) is 24.3 Å². The second-order valence-electron chi connectivity index (χ2n) is 4.82. The highest BCUT2D eigenvalue weighted by molar-refractivity contribution is 5.78. The number of rotatable bonds is 4. The summed E-state index contributed by atoms with van der Waals surface area (Å²) < 4.78 is 5.44. The van der Waals surface area contributed by atoms with Crippen molar-refractivity contribution in [2.75, 3.05) is 19.8 Å². The van der Waals surface area contributed by atoms with Gasteiger partial charge in [0.25, 0.3) is 5.91 Å². The minimum atomic E-state index is -0.142. The molecule has 1 N–H and O–H groups in total. The fraction of sp³-hybridized carbons (Fsp3) is 0.467. The average molecular weight is 274 g/mol. The van der Waals surface area contributed by atoms with Gasteiger partial charge in [-0.1, -0.05) is 12.1 Å². The zero-order valence-electron chi connectivity index (χ0n) is 11.3. The van der Waals surface area contributed by atoms with Gasteiger partial charge in [-0.15, -0.1) is 0 Å². The Bertz CT molecular complexity index is 510. The number of benzene rings is 1. The first kappa shape index (κ1) is 14.4. The topological polar surface area (TPSA) is 73.6 Å². The molecule has 1 aliphatic heterocycles. The zero-order chi connectivity index (χ0) is 14.4. The van der Waals surface area contributed by atoms with Gasteiger partial charge in [-0.05, 0) is 31.4 Å². The van der Waals surface area contributed by atoms with Gasteiger partial charge in [-0.3, -0.25) is 4.79 Å². The number of piperidine rings is 1. The molecule has 0 radical (unpaired) electrons. The van der Waals surface area contributed by atoms with Crippen molar-refractivity contribution in [2.24, 2.45) is 0 Å². The Labute approximate surface area is 118 Å². The number of ether oxygens (including phenoxy) is 1. The summed E-state index contributed by atoms with van der Waals surface area (Å²) in [5.74, 6) is 0.275. The number of aliphatic hydroxyl groups is 1. The van der Waals surface area contributed by atoms with E-state index in [-0.39, 0.29) is 25.2 Å². The van der Waals surface area contributed by atoms with E-state index in [4.69, 9.17) is 10.00 Å². The van der Waals surface area contributed by atoms with Crippen LogP contribution < -0.4 is 4.74 Å². The van der Waals surface area contributed by atoms with Crippen LogP contribution in [-0.4, -0.2) is 41.7 Å². The molecule has 1 heterocycles. The van der Waals surface area contributed by atoms with Crippen LogP contribution in [0.25, 0.3) is 0 Å². The van der Waals surface area contributed by atoms with E-state index in [0.717, 1.165) is 19.3 Å². The number of hydrogen-bond donors (Lipinski definition) is 1. The van der Waals surface area contributed by atoms with Gasteiger partial charge in [0.05, 0.1) is 18.2 Å². The molecule has 1 fully saturated rings. The summed E-state index contributed by atoms with van der Waals surface area (Å²) in [5.41, 5.74) is 0.414. The number of carbonyl (C=O) groups is 1. The molecule has 5 heteroatoms. The smallest absolute Gasteiger partial charge is 0.260 e. The summed E-state index contributed by atoms with van der Waals surface area (Å²) in [6, 6.07) is 8.76. The minimum Gasteiger partial charge on any atom is -0.482 e. The lowest BCUT2D eigenvalue weighted by atomic mass is 10.0. The van der Waals surface area contributed by atoms with Crippen molar-refractivity contribution in [1.29, 1.82) is 5.26 Å². The van der Waals surface area contributed by atoms with Crippen LogP contribution in [-0.2, 0) is 4.79 Å². The molecular weight excluding hydrogens is 256 g/mol.